The molecule has 158 valence electrons. The fraction of sp³-hybridized carbons (Fsp3) is 0.364. The second-order valence-electron chi connectivity index (χ2n) is 7.85. The van der Waals surface area contributed by atoms with Gasteiger partial charge in [-0.05, 0) is 35.9 Å². The minimum atomic E-state index is -4.69. The minimum absolute atomic E-state index is 0.0981. The molecule has 0 aromatic heterocycles. The third-order valence-electron chi connectivity index (χ3n) is 5.05. The van der Waals surface area contributed by atoms with Gasteiger partial charge in [0.05, 0.1) is 24.3 Å². The summed E-state index contributed by atoms with van der Waals surface area (Å²) in [5, 5.41) is 8.93. The lowest BCUT2D eigenvalue weighted by atomic mass is 9.89. The smallest absolute Gasteiger partial charge is 0.417 e. The fourth-order valence-corrected chi connectivity index (χ4v) is 3.51. The molecule has 30 heavy (non-hydrogen) atoms. The molecule has 0 aliphatic carbocycles. The molecule has 5 nitrogen and oxygen atoms in total. The summed E-state index contributed by atoms with van der Waals surface area (Å²) in [6, 6.07) is 11.9. The summed E-state index contributed by atoms with van der Waals surface area (Å²) < 4.78 is 50.5. The fourth-order valence-electron chi connectivity index (χ4n) is 3.51. The van der Waals surface area contributed by atoms with Gasteiger partial charge in [0, 0.05) is 18.5 Å². The van der Waals surface area contributed by atoms with Crippen LogP contribution in [0.1, 0.15) is 30.5 Å². The van der Waals surface area contributed by atoms with Gasteiger partial charge in [-0.2, -0.15) is 18.4 Å². The van der Waals surface area contributed by atoms with Crippen molar-refractivity contribution >= 4 is 5.91 Å². The molecule has 1 heterocycles. The maximum absolute atomic E-state index is 13.2. The number of nitrogens with zero attached hydrogens (tertiary/aromatic N) is 2. The average molecular weight is 418 g/mol. The molecule has 8 heteroatoms. The Balaban J connectivity index is 1.81. The maximum atomic E-state index is 13.2. The number of likely N-dealkylation sites (tertiary alicyclic amines) is 1. The zero-order valence-corrected chi connectivity index (χ0v) is 16.8. The van der Waals surface area contributed by atoms with Crippen LogP contribution in [0, 0.1) is 16.7 Å². The van der Waals surface area contributed by atoms with E-state index in [1.54, 1.807) is 24.1 Å². The van der Waals surface area contributed by atoms with Gasteiger partial charge < -0.3 is 14.4 Å². The second kappa shape index (κ2) is 7.90. The number of hydrogen-bond acceptors (Lipinski definition) is 4. The number of nitriles is 1. The number of carbonyl (C=O) groups excluding carboxylic acids is 1. The third-order valence-corrected chi connectivity index (χ3v) is 5.05. The van der Waals surface area contributed by atoms with E-state index in [4.69, 9.17) is 14.7 Å². The molecule has 1 fully saturated rings. The van der Waals surface area contributed by atoms with Crippen LogP contribution in [0.3, 0.4) is 0 Å². The molecule has 1 atom stereocenters. The first-order valence-corrected chi connectivity index (χ1v) is 9.25. The topological polar surface area (TPSA) is 62.6 Å². The van der Waals surface area contributed by atoms with E-state index in [2.05, 4.69) is 0 Å². The van der Waals surface area contributed by atoms with E-state index in [1.807, 2.05) is 26.0 Å². The molecule has 2 aromatic rings. The van der Waals surface area contributed by atoms with Crippen molar-refractivity contribution in [3.8, 4) is 17.6 Å². The minimum Gasteiger partial charge on any atom is -0.497 e. The molecule has 1 aliphatic heterocycles. The van der Waals surface area contributed by atoms with Crippen molar-refractivity contribution < 1.29 is 27.4 Å². The highest BCUT2D eigenvalue weighted by atomic mass is 19.4. The number of hydrogen-bond donors (Lipinski definition) is 0. The second-order valence-corrected chi connectivity index (χ2v) is 7.85. The van der Waals surface area contributed by atoms with Gasteiger partial charge in [-0.15, -0.1) is 0 Å². The number of methoxy groups -OCH3 is 1. The van der Waals surface area contributed by atoms with Crippen molar-refractivity contribution in [2.75, 3.05) is 13.7 Å². The van der Waals surface area contributed by atoms with Crippen LogP contribution in [-0.4, -0.2) is 30.6 Å². The first-order valence-electron chi connectivity index (χ1n) is 9.25. The van der Waals surface area contributed by atoms with Crippen molar-refractivity contribution in [3.05, 3.63) is 59.2 Å². The highest BCUT2D eigenvalue weighted by molar-refractivity contribution is 5.84. The van der Waals surface area contributed by atoms with Crippen LogP contribution in [0.15, 0.2) is 42.5 Å². The lowest BCUT2D eigenvalue weighted by Gasteiger charge is -2.24. The van der Waals surface area contributed by atoms with Gasteiger partial charge in [-0.25, -0.2) is 0 Å². The van der Waals surface area contributed by atoms with Crippen LogP contribution in [0.2, 0.25) is 0 Å². The molecule has 0 bridgehead atoms. The first-order chi connectivity index (χ1) is 14.0. The van der Waals surface area contributed by atoms with E-state index in [1.165, 1.54) is 12.1 Å². The van der Waals surface area contributed by atoms with Gasteiger partial charge >= 0.3 is 6.18 Å². The normalized spacial score (nSPS) is 18.2. The third kappa shape index (κ3) is 4.35. The van der Waals surface area contributed by atoms with Crippen LogP contribution >= 0.6 is 0 Å². The van der Waals surface area contributed by atoms with E-state index in [9.17, 15) is 18.0 Å². The molecule has 1 aliphatic rings. The lowest BCUT2D eigenvalue weighted by molar-refractivity contribution is -0.138. The molecular formula is C22H21F3N2O3. The van der Waals surface area contributed by atoms with Gasteiger partial charge in [-0.1, -0.05) is 26.0 Å². The predicted octanol–water partition coefficient (Wildman–Crippen LogP) is 4.40. The van der Waals surface area contributed by atoms with E-state index >= 15 is 0 Å². The summed E-state index contributed by atoms with van der Waals surface area (Å²) in [5.74, 6) is 0.308. The number of ether oxygens (including phenoxy) is 2. The van der Waals surface area contributed by atoms with Crippen molar-refractivity contribution in [3.63, 3.8) is 0 Å². The van der Waals surface area contributed by atoms with Crippen LogP contribution in [0.5, 0.6) is 11.5 Å². The highest BCUT2D eigenvalue weighted by Gasteiger charge is 2.48. The van der Waals surface area contributed by atoms with Crippen LogP contribution in [-0.2, 0) is 17.5 Å². The number of alkyl halides is 3. The predicted molar refractivity (Wildman–Crippen MR) is 103 cm³/mol. The lowest BCUT2D eigenvalue weighted by Crippen LogP contribution is -2.36. The van der Waals surface area contributed by atoms with Crippen molar-refractivity contribution in [2.45, 2.75) is 32.7 Å². The maximum Gasteiger partial charge on any atom is 0.417 e. The number of benzene rings is 2. The number of halogens is 3. The van der Waals surface area contributed by atoms with Crippen molar-refractivity contribution in [2.24, 2.45) is 5.41 Å². The van der Waals surface area contributed by atoms with E-state index < -0.39 is 28.8 Å². The highest BCUT2D eigenvalue weighted by Crippen LogP contribution is 2.38. The Labute approximate surface area is 172 Å². The number of carbonyl (C=O) groups is 1. The first kappa shape index (κ1) is 21.5. The summed E-state index contributed by atoms with van der Waals surface area (Å²) in [6.07, 6.45) is -5.63. The van der Waals surface area contributed by atoms with Gasteiger partial charge in [-0.3, -0.25) is 4.79 Å². The molecular weight excluding hydrogens is 397 g/mol. The van der Waals surface area contributed by atoms with Gasteiger partial charge in [0.15, 0.2) is 6.10 Å². The molecule has 3 rings (SSSR count). The molecule has 0 N–H and O–H groups in total. The summed E-state index contributed by atoms with van der Waals surface area (Å²) in [5.41, 5.74) is -1.29. The standard InChI is InChI=1S/C22H21F3N2O3/c1-21(2)13-27(12-14-4-7-16(29-3)8-5-14)20(28)19(21)30-17-9-6-15(11-26)18(10-17)22(23,24)25/h4-10,19H,12-13H2,1-3H3. The van der Waals surface area contributed by atoms with Crippen molar-refractivity contribution in [1.29, 1.82) is 5.26 Å². The van der Waals surface area contributed by atoms with Crippen molar-refractivity contribution in [1.82, 2.24) is 4.90 Å². The Morgan fingerprint density at radius 1 is 1.17 bits per heavy atom. The van der Waals surface area contributed by atoms with Gasteiger partial charge in [0.1, 0.15) is 11.5 Å². The molecule has 0 radical (unpaired) electrons. The van der Waals surface area contributed by atoms with Crippen LogP contribution in [0.25, 0.3) is 0 Å². The molecule has 0 saturated carbocycles. The number of rotatable bonds is 5. The molecule has 0 spiro atoms. The van der Waals surface area contributed by atoms with E-state index in [0.29, 0.717) is 18.8 Å². The monoisotopic (exact) mass is 418 g/mol. The van der Waals surface area contributed by atoms with Gasteiger partial charge in [0.2, 0.25) is 0 Å². The Kier molecular flexibility index (Phi) is 5.66. The molecule has 2 aromatic carbocycles. The Morgan fingerprint density at radius 2 is 1.80 bits per heavy atom. The molecule has 1 saturated heterocycles. The zero-order valence-electron chi connectivity index (χ0n) is 16.8. The van der Waals surface area contributed by atoms with Crippen LogP contribution < -0.4 is 9.47 Å². The zero-order chi connectivity index (χ0) is 22.1. The summed E-state index contributed by atoms with van der Waals surface area (Å²) >= 11 is 0. The summed E-state index contributed by atoms with van der Waals surface area (Å²) in [6.45, 7) is 4.41. The average Bonchev–Trinajstić information content (AvgIpc) is 2.90. The van der Waals surface area contributed by atoms with E-state index in [-0.39, 0.29) is 11.7 Å². The molecule has 1 amide bonds. The Hall–Kier alpha value is -3.21. The quantitative estimate of drug-likeness (QED) is 0.722. The Bertz CT molecular complexity index is 979. The Morgan fingerprint density at radius 3 is 2.37 bits per heavy atom. The number of amides is 1. The SMILES string of the molecule is COc1ccc(CN2CC(C)(C)C(Oc3ccc(C#N)c(C(F)(F)F)c3)C2=O)cc1. The van der Waals surface area contributed by atoms with Gasteiger partial charge in [0.25, 0.3) is 5.91 Å². The summed E-state index contributed by atoms with van der Waals surface area (Å²) in [4.78, 5) is 14.6. The summed E-state index contributed by atoms with van der Waals surface area (Å²) in [7, 11) is 1.57. The van der Waals surface area contributed by atoms with E-state index in [0.717, 1.165) is 17.7 Å². The van der Waals surface area contributed by atoms with Crippen LogP contribution in [0.4, 0.5) is 13.2 Å². The molecule has 1 unspecified atom stereocenters. The largest absolute Gasteiger partial charge is 0.497 e.